The molecule has 1 heterocycles. The fourth-order valence-electron chi connectivity index (χ4n) is 2.25. The van der Waals surface area contributed by atoms with Crippen molar-refractivity contribution in [3.63, 3.8) is 0 Å². The molecule has 0 amide bonds. The second-order valence-corrected chi connectivity index (χ2v) is 5.52. The van der Waals surface area contributed by atoms with Crippen LogP contribution >= 0.6 is 0 Å². The topological polar surface area (TPSA) is 38.5 Å². The van der Waals surface area contributed by atoms with Crippen molar-refractivity contribution in [3.8, 4) is 11.5 Å². The summed E-state index contributed by atoms with van der Waals surface area (Å²) in [5, 5.41) is 0. The lowest BCUT2D eigenvalue weighted by molar-refractivity contribution is 0.124. The first-order chi connectivity index (χ1) is 10.1. The zero-order valence-corrected chi connectivity index (χ0v) is 13.3. The summed E-state index contributed by atoms with van der Waals surface area (Å²) in [6, 6.07) is 8.58. The molecule has 0 aliphatic rings. The van der Waals surface area contributed by atoms with E-state index in [1.807, 2.05) is 18.2 Å². The van der Waals surface area contributed by atoms with Crippen LogP contribution in [-0.4, -0.2) is 36.2 Å². The average Bonchev–Trinajstić information content (AvgIpc) is 2.92. The molecule has 0 unspecified atom stereocenters. The van der Waals surface area contributed by atoms with Crippen LogP contribution in [0.15, 0.2) is 34.9 Å². The number of hydrogen-bond acceptors (Lipinski definition) is 4. The zero-order valence-electron chi connectivity index (χ0n) is 13.3. The highest BCUT2D eigenvalue weighted by Crippen LogP contribution is 2.22. The van der Waals surface area contributed by atoms with Gasteiger partial charge < -0.3 is 9.15 Å². The second-order valence-electron chi connectivity index (χ2n) is 5.52. The number of rotatable bonds is 7. The summed E-state index contributed by atoms with van der Waals surface area (Å²) in [7, 11) is 1.73. The second kappa shape index (κ2) is 7.38. The van der Waals surface area contributed by atoms with Crippen LogP contribution in [0.4, 0.5) is 0 Å². The van der Waals surface area contributed by atoms with Crippen LogP contribution in [0.3, 0.4) is 0 Å². The van der Waals surface area contributed by atoms with Crippen molar-refractivity contribution in [3.05, 3.63) is 41.8 Å². The number of aryl methyl sites for hydroxylation is 1. The number of oxazole rings is 1. The van der Waals surface area contributed by atoms with Gasteiger partial charge in [-0.1, -0.05) is 18.2 Å². The molecule has 0 radical (unpaired) electrons. The molecule has 0 saturated carbocycles. The largest absolute Gasteiger partial charge is 0.444 e. The van der Waals surface area contributed by atoms with Crippen LogP contribution in [0.5, 0.6) is 0 Å². The molecule has 0 N–H and O–H groups in total. The van der Waals surface area contributed by atoms with Gasteiger partial charge in [-0.15, -0.1) is 0 Å². The SMILES string of the molecule is COCCN(Cc1coc(-c2ccccc2C)n1)C(C)C. The molecule has 21 heavy (non-hydrogen) atoms. The summed E-state index contributed by atoms with van der Waals surface area (Å²) in [6.45, 7) is 8.81. The lowest BCUT2D eigenvalue weighted by Crippen LogP contribution is -2.33. The van der Waals surface area contributed by atoms with E-state index in [0.717, 1.165) is 31.0 Å². The van der Waals surface area contributed by atoms with Gasteiger partial charge in [-0.2, -0.15) is 0 Å². The molecule has 114 valence electrons. The molecule has 4 heteroatoms. The van der Waals surface area contributed by atoms with Crippen LogP contribution < -0.4 is 0 Å². The Balaban J connectivity index is 2.10. The molecule has 0 spiro atoms. The number of aromatic nitrogens is 1. The van der Waals surface area contributed by atoms with Gasteiger partial charge in [0, 0.05) is 31.8 Å². The van der Waals surface area contributed by atoms with Gasteiger partial charge in [-0.3, -0.25) is 4.90 Å². The molecular formula is C17H24N2O2. The van der Waals surface area contributed by atoms with Crippen molar-refractivity contribution in [2.24, 2.45) is 0 Å². The summed E-state index contributed by atoms with van der Waals surface area (Å²) < 4.78 is 10.8. The minimum Gasteiger partial charge on any atom is -0.444 e. The van der Waals surface area contributed by atoms with Crippen LogP contribution in [0.1, 0.15) is 25.1 Å². The van der Waals surface area contributed by atoms with E-state index in [9.17, 15) is 0 Å². The zero-order chi connectivity index (χ0) is 15.2. The van der Waals surface area contributed by atoms with Crippen molar-refractivity contribution < 1.29 is 9.15 Å². The maximum atomic E-state index is 5.65. The Morgan fingerprint density at radius 3 is 2.71 bits per heavy atom. The van der Waals surface area contributed by atoms with Crippen LogP contribution in [-0.2, 0) is 11.3 Å². The van der Waals surface area contributed by atoms with Gasteiger partial charge in [0.2, 0.25) is 5.89 Å². The average molecular weight is 288 g/mol. The highest BCUT2D eigenvalue weighted by atomic mass is 16.5. The fourth-order valence-corrected chi connectivity index (χ4v) is 2.25. The molecule has 1 aromatic heterocycles. The lowest BCUT2D eigenvalue weighted by atomic mass is 10.1. The summed E-state index contributed by atoms with van der Waals surface area (Å²) in [4.78, 5) is 6.94. The molecule has 2 aromatic rings. The third-order valence-corrected chi connectivity index (χ3v) is 3.61. The highest BCUT2D eigenvalue weighted by Gasteiger charge is 2.14. The first kappa shape index (κ1) is 15.7. The third-order valence-electron chi connectivity index (χ3n) is 3.61. The smallest absolute Gasteiger partial charge is 0.226 e. The van der Waals surface area contributed by atoms with E-state index >= 15 is 0 Å². The normalized spacial score (nSPS) is 11.5. The van der Waals surface area contributed by atoms with E-state index in [1.165, 1.54) is 5.56 Å². The number of ether oxygens (including phenoxy) is 1. The Morgan fingerprint density at radius 1 is 1.29 bits per heavy atom. The molecule has 0 bridgehead atoms. The van der Waals surface area contributed by atoms with Crippen LogP contribution in [0.2, 0.25) is 0 Å². The van der Waals surface area contributed by atoms with E-state index in [4.69, 9.17) is 9.15 Å². The van der Waals surface area contributed by atoms with E-state index < -0.39 is 0 Å². The summed E-state index contributed by atoms with van der Waals surface area (Å²) >= 11 is 0. The van der Waals surface area contributed by atoms with Gasteiger partial charge in [-0.05, 0) is 32.4 Å². The molecule has 0 saturated heterocycles. The Bertz CT molecular complexity index is 563. The third kappa shape index (κ3) is 4.16. The van der Waals surface area contributed by atoms with Gasteiger partial charge in [0.05, 0.1) is 12.3 Å². The maximum Gasteiger partial charge on any atom is 0.226 e. The molecule has 1 aromatic carbocycles. The van der Waals surface area contributed by atoms with Crippen molar-refractivity contribution in [1.82, 2.24) is 9.88 Å². The first-order valence-electron chi connectivity index (χ1n) is 7.35. The Morgan fingerprint density at radius 2 is 2.05 bits per heavy atom. The molecular weight excluding hydrogens is 264 g/mol. The summed E-state index contributed by atoms with van der Waals surface area (Å²) in [5.74, 6) is 0.693. The Hall–Kier alpha value is -1.65. The molecule has 0 fully saturated rings. The van der Waals surface area contributed by atoms with E-state index in [-0.39, 0.29) is 0 Å². The Kier molecular flexibility index (Phi) is 5.53. The van der Waals surface area contributed by atoms with E-state index in [0.29, 0.717) is 11.9 Å². The van der Waals surface area contributed by atoms with Gasteiger partial charge in [0.25, 0.3) is 0 Å². The number of nitrogens with zero attached hydrogens (tertiary/aromatic N) is 2. The van der Waals surface area contributed by atoms with Gasteiger partial charge in [0.1, 0.15) is 6.26 Å². The standard InChI is InChI=1S/C17H24N2O2/c1-13(2)19(9-10-20-4)11-15-12-21-17(18-15)16-8-6-5-7-14(16)3/h5-8,12-13H,9-11H2,1-4H3. The van der Waals surface area contributed by atoms with E-state index in [1.54, 1.807) is 13.4 Å². The Labute approximate surface area is 126 Å². The maximum absolute atomic E-state index is 5.65. The predicted octanol–water partition coefficient (Wildman–Crippen LogP) is 3.51. The van der Waals surface area contributed by atoms with E-state index in [2.05, 4.69) is 36.7 Å². The van der Waals surface area contributed by atoms with Gasteiger partial charge in [-0.25, -0.2) is 4.98 Å². The number of benzene rings is 1. The van der Waals surface area contributed by atoms with Crippen LogP contribution in [0.25, 0.3) is 11.5 Å². The van der Waals surface area contributed by atoms with Crippen molar-refractivity contribution >= 4 is 0 Å². The van der Waals surface area contributed by atoms with Gasteiger partial charge >= 0.3 is 0 Å². The first-order valence-corrected chi connectivity index (χ1v) is 7.35. The van der Waals surface area contributed by atoms with Crippen molar-refractivity contribution in [2.45, 2.75) is 33.4 Å². The molecule has 2 rings (SSSR count). The number of hydrogen-bond donors (Lipinski definition) is 0. The number of methoxy groups -OCH3 is 1. The van der Waals surface area contributed by atoms with Crippen molar-refractivity contribution in [1.29, 1.82) is 0 Å². The van der Waals surface area contributed by atoms with Crippen LogP contribution in [0, 0.1) is 6.92 Å². The molecule has 4 nitrogen and oxygen atoms in total. The molecule has 0 aliphatic heterocycles. The summed E-state index contributed by atoms with van der Waals surface area (Å²) in [5.41, 5.74) is 3.18. The quantitative estimate of drug-likeness (QED) is 0.781. The minimum atomic E-state index is 0.443. The molecule has 0 aliphatic carbocycles. The molecule has 0 atom stereocenters. The van der Waals surface area contributed by atoms with Crippen molar-refractivity contribution in [2.75, 3.05) is 20.3 Å². The lowest BCUT2D eigenvalue weighted by Gasteiger charge is -2.24. The predicted molar refractivity (Wildman–Crippen MR) is 84.1 cm³/mol. The highest BCUT2D eigenvalue weighted by molar-refractivity contribution is 5.58. The fraction of sp³-hybridized carbons (Fsp3) is 0.471. The summed E-state index contributed by atoms with van der Waals surface area (Å²) in [6.07, 6.45) is 1.75. The van der Waals surface area contributed by atoms with Gasteiger partial charge in [0.15, 0.2) is 0 Å². The monoisotopic (exact) mass is 288 g/mol. The minimum absolute atomic E-state index is 0.443.